The Kier molecular flexibility index (Phi) is 6.25. The number of benzene rings is 2. The Hall–Kier alpha value is -2.43. The lowest BCUT2D eigenvalue weighted by atomic mass is 9.99. The first kappa shape index (κ1) is 21.3. The van der Waals surface area contributed by atoms with Crippen LogP contribution in [0.2, 0.25) is 0 Å². The number of nitrogens with zero attached hydrogens (tertiary/aromatic N) is 1. The van der Waals surface area contributed by atoms with Gasteiger partial charge in [-0.15, -0.1) is 0 Å². The Balaban J connectivity index is 1.65. The summed E-state index contributed by atoms with van der Waals surface area (Å²) < 4.78 is 52.1. The molecule has 0 bridgehead atoms. The third-order valence-corrected chi connectivity index (χ3v) is 7.35. The number of rotatable bonds is 6. The third kappa shape index (κ3) is 5.55. The molecule has 10 heteroatoms. The lowest BCUT2D eigenvalue weighted by molar-refractivity contribution is -0.120. The molecule has 0 spiro atoms. The molecule has 1 atom stereocenters. The molecule has 1 amide bonds. The number of amides is 1. The van der Waals surface area contributed by atoms with Gasteiger partial charge in [0.2, 0.25) is 15.9 Å². The Morgan fingerprint density at radius 1 is 0.966 bits per heavy atom. The van der Waals surface area contributed by atoms with Crippen molar-refractivity contribution >= 4 is 37.3 Å². The Morgan fingerprint density at radius 3 is 2.24 bits per heavy atom. The third-order valence-electron chi connectivity index (χ3n) is 4.68. The molecule has 0 radical (unpaired) electrons. The zero-order valence-electron chi connectivity index (χ0n) is 15.9. The van der Waals surface area contributed by atoms with Crippen LogP contribution >= 0.6 is 0 Å². The average molecular weight is 438 g/mol. The van der Waals surface area contributed by atoms with Gasteiger partial charge in [0.05, 0.1) is 17.1 Å². The van der Waals surface area contributed by atoms with Gasteiger partial charge < -0.3 is 5.32 Å². The van der Waals surface area contributed by atoms with Crippen molar-refractivity contribution in [3.8, 4) is 0 Å². The number of anilines is 2. The van der Waals surface area contributed by atoms with Crippen molar-refractivity contribution in [3.63, 3.8) is 0 Å². The fourth-order valence-corrected chi connectivity index (χ4v) is 5.11. The van der Waals surface area contributed by atoms with E-state index in [1.807, 2.05) is 0 Å². The monoisotopic (exact) mass is 437 g/mol. The van der Waals surface area contributed by atoms with Crippen LogP contribution in [0.15, 0.2) is 59.5 Å². The van der Waals surface area contributed by atoms with Crippen LogP contribution in [0.25, 0.3) is 0 Å². The van der Waals surface area contributed by atoms with Crippen molar-refractivity contribution in [2.75, 3.05) is 29.4 Å². The summed E-state index contributed by atoms with van der Waals surface area (Å²) in [7, 11) is -7.07. The molecule has 29 heavy (non-hydrogen) atoms. The van der Waals surface area contributed by atoms with Crippen LogP contribution in [0.1, 0.15) is 12.8 Å². The van der Waals surface area contributed by atoms with Crippen molar-refractivity contribution in [1.82, 2.24) is 4.31 Å². The lowest BCUT2D eigenvalue weighted by Crippen LogP contribution is -2.43. The van der Waals surface area contributed by atoms with Gasteiger partial charge in [0.25, 0.3) is 10.0 Å². The molecule has 2 aromatic rings. The first-order chi connectivity index (χ1) is 13.6. The van der Waals surface area contributed by atoms with Gasteiger partial charge in [0.15, 0.2) is 0 Å². The molecule has 2 aromatic carbocycles. The van der Waals surface area contributed by atoms with Crippen LogP contribution in [0.5, 0.6) is 0 Å². The summed E-state index contributed by atoms with van der Waals surface area (Å²) in [5.41, 5.74) is 0.905. The standard InChI is InChI=1S/C19H23N3O5S2/c1-28(24,25)22-13-5-6-15(14-22)19(23)20-16-9-11-18(12-10-16)29(26,27)21-17-7-3-2-4-8-17/h2-4,7-12,15,21H,5-6,13-14H2,1H3,(H,20,23)/t15-/m0/s1. The molecule has 1 aliphatic rings. The van der Waals surface area contributed by atoms with Crippen molar-refractivity contribution in [2.45, 2.75) is 17.7 Å². The van der Waals surface area contributed by atoms with Crippen LogP contribution in [-0.2, 0) is 24.8 Å². The van der Waals surface area contributed by atoms with E-state index in [0.717, 1.165) is 6.26 Å². The van der Waals surface area contributed by atoms with Gasteiger partial charge in [-0.2, -0.15) is 0 Å². The number of nitrogens with one attached hydrogen (secondary N) is 2. The summed E-state index contributed by atoms with van der Waals surface area (Å²) in [6.07, 6.45) is 2.36. The lowest BCUT2D eigenvalue weighted by Gasteiger charge is -2.30. The summed E-state index contributed by atoms with van der Waals surface area (Å²) in [5.74, 6) is -0.724. The minimum absolute atomic E-state index is 0.0697. The Bertz CT molecular complexity index is 1070. The summed E-state index contributed by atoms with van der Waals surface area (Å²) >= 11 is 0. The minimum atomic E-state index is -3.74. The second-order valence-electron chi connectivity index (χ2n) is 6.95. The van der Waals surface area contributed by atoms with Gasteiger partial charge >= 0.3 is 0 Å². The van der Waals surface area contributed by atoms with E-state index in [4.69, 9.17) is 0 Å². The molecule has 0 unspecified atom stereocenters. The van der Waals surface area contributed by atoms with Crippen molar-refractivity contribution in [1.29, 1.82) is 0 Å². The summed E-state index contributed by atoms with van der Waals surface area (Å²) in [5, 5.41) is 2.74. The summed E-state index contributed by atoms with van der Waals surface area (Å²) in [4.78, 5) is 12.6. The van der Waals surface area contributed by atoms with Crippen LogP contribution in [-0.4, -0.2) is 46.4 Å². The van der Waals surface area contributed by atoms with E-state index in [1.165, 1.54) is 28.6 Å². The maximum atomic E-state index is 12.5. The molecule has 3 rings (SSSR count). The fraction of sp³-hybridized carbons (Fsp3) is 0.316. The molecule has 1 saturated heterocycles. The summed E-state index contributed by atoms with van der Waals surface area (Å²) in [6.45, 7) is 0.571. The highest BCUT2D eigenvalue weighted by atomic mass is 32.2. The second kappa shape index (κ2) is 8.52. The van der Waals surface area contributed by atoms with Crippen LogP contribution < -0.4 is 10.0 Å². The van der Waals surface area contributed by atoms with E-state index >= 15 is 0 Å². The molecule has 0 aliphatic carbocycles. The molecule has 1 heterocycles. The minimum Gasteiger partial charge on any atom is -0.326 e. The van der Waals surface area contributed by atoms with Crippen LogP contribution in [0.3, 0.4) is 0 Å². The highest BCUT2D eigenvalue weighted by Gasteiger charge is 2.30. The summed E-state index contributed by atoms with van der Waals surface area (Å²) in [6, 6.07) is 14.4. The van der Waals surface area contributed by atoms with E-state index in [2.05, 4.69) is 10.0 Å². The van der Waals surface area contributed by atoms with E-state index in [9.17, 15) is 21.6 Å². The van der Waals surface area contributed by atoms with E-state index in [-0.39, 0.29) is 17.3 Å². The first-order valence-electron chi connectivity index (χ1n) is 9.09. The number of sulfonamides is 2. The van der Waals surface area contributed by atoms with Gasteiger partial charge in [-0.05, 0) is 49.2 Å². The topological polar surface area (TPSA) is 113 Å². The highest BCUT2D eigenvalue weighted by Crippen LogP contribution is 2.22. The van der Waals surface area contributed by atoms with Gasteiger partial charge in [-0.25, -0.2) is 21.1 Å². The van der Waals surface area contributed by atoms with Gasteiger partial charge in [0.1, 0.15) is 0 Å². The SMILES string of the molecule is CS(=O)(=O)N1CCC[C@H](C(=O)Nc2ccc(S(=O)(=O)Nc3ccccc3)cc2)C1. The molecule has 1 aliphatic heterocycles. The van der Waals surface area contributed by atoms with E-state index in [1.54, 1.807) is 30.3 Å². The molecule has 156 valence electrons. The maximum Gasteiger partial charge on any atom is 0.261 e. The Morgan fingerprint density at radius 2 is 1.62 bits per heavy atom. The first-order valence-corrected chi connectivity index (χ1v) is 12.4. The Labute approximate surface area is 171 Å². The van der Waals surface area contributed by atoms with E-state index in [0.29, 0.717) is 30.8 Å². The number of piperidine rings is 1. The predicted octanol–water partition coefficient (Wildman–Crippen LogP) is 2.10. The van der Waals surface area contributed by atoms with Crippen molar-refractivity contribution in [2.24, 2.45) is 5.92 Å². The number of carbonyl (C=O) groups excluding carboxylic acids is 1. The molecule has 0 aromatic heterocycles. The number of para-hydroxylation sites is 1. The average Bonchev–Trinajstić information content (AvgIpc) is 2.68. The van der Waals surface area contributed by atoms with Crippen molar-refractivity contribution in [3.05, 3.63) is 54.6 Å². The van der Waals surface area contributed by atoms with Gasteiger partial charge in [0, 0.05) is 24.5 Å². The van der Waals surface area contributed by atoms with Gasteiger partial charge in [-0.1, -0.05) is 18.2 Å². The number of hydrogen-bond acceptors (Lipinski definition) is 5. The molecule has 2 N–H and O–H groups in total. The van der Waals surface area contributed by atoms with Crippen molar-refractivity contribution < 1.29 is 21.6 Å². The molecular formula is C19H23N3O5S2. The normalized spacial score (nSPS) is 18.2. The smallest absolute Gasteiger partial charge is 0.261 e. The number of hydrogen-bond donors (Lipinski definition) is 2. The zero-order valence-corrected chi connectivity index (χ0v) is 17.5. The van der Waals surface area contributed by atoms with Crippen LogP contribution in [0.4, 0.5) is 11.4 Å². The second-order valence-corrected chi connectivity index (χ2v) is 10.6. The molecular weight excluding hydrogens is 414 g/mol. The van der Waals surface area contributed by atoms with E-state index < -0.39 is 26.0 Å². The van der Waals surface area contributed by atoms with Crippen LogP contribution in [0, 0.1) is 5.92 Å². The largest absolute Gasteiger partial charge is 0.326 e. The maximum absolute atomic E-state index is 12.5. The predicted molar refractivity (Wildman–Crippen MR) is 111 cm³/mol. The number of carbonyl (C=O) groups is 1. The fourth-order valence-electron chi connectivity index (χ4n) is 3.14. The van der Waals surface area contributed by atoms with Gasteiger partial charge in [-0.3, -0.25) is 9.52 Å². The quantitative estimate of drug-likeness (QED) is 0.719. The zero-order chi connectivity index (χ0) is 21.1. The molecule has 0 saturated carbocycles. The molecule has 8 nitrogen and oxygen atoms in total. The molecule has 1 fully saturated rings. The highest BCUT2D eigenvalue weighted by molar-refractivity contribution is 7.92.